The van der Waals surface area contributed by atoms with Crippen molar-refractivity contribution in [2.75, 3.05) is 9.80 Å². The van der Waals surface area contributed by atoms with Gasteiger partial charge in [0.2, 0.25) is 0 Å². The zero-order valence-electron chi connectivity index (χ0n) is 27.5. The summed E-state index contributed by atoms with van der Waals surface area (Å²) in [6.07, 6.45) is 0. The van der Waals surface area contributed by atoms with Crippen LogP contribution in [0.4, 0.5) is 34.1 Å². The maximum absolute atomic E-state index is 6.51. The molecule has 0 amide bonds. The van der Waals surface area contributed by atoms with Gasteiger partial charge in [-0.1, -0.05) is 97.1 Å². The van der Waals surface area contributed by atoms with Crippen molar-refractivity contribution in [3.8, 4) is 0 Å². The van der Waals surface area contributed by atoms with Crippen LogP contribution >= 0.6 is 0 Å². The summed E-state index contributed by atoms with van der Waals surface area (Å²) >= 11 is 0. The van der Waals surface area contributed by atoms with E-state index in [1.165, 1.54) is 44.0 Å². The summed E-state index contributed by atoms with van der Waals surface area (Å²) in [7, 11) is 0. The number of benzene rings is 8. The molecule has 0 unspecified atom stereocenters. The molecule has 234 valence electrons. The smallest absolute Gasteiger partial charge is 0.136 e. The molecule has 1 heterocycles. The molecule has 9 aromatic rings. The van der Waals surface area contributed by atoms with Gasteiger partial charge in [0.1, 0.15) is 11.2 Å². The number of nitrogens with zero attached hydrogens (tertiary/aromatic N) is 2. The third kappa shape index (κ3) is 4.90. The first-order chi connectivity index (χ1) is 24.1. The highest BCUT2D eigenvalue weighted by Crippen LogP contribution is 2.44. The van der Waals surface area contributed by atoms with Gasteiger partial charge in [-0.25, -0.2) is 0 Å². The lowest BCUT2D eigenvalue weighted by molar-refractivity contribution is 0.669. The first-order valence-electron chi connectivity index (χ1n) is 16.8. The quantitative estimate of drug-likeness (QED) is 0.182. The molecule has 0 fully saturated rings. The Bertz CT molecular complexity index is 2460. The SMILES string of the molecule is Cc1ccccc1N(c1ccccc1)c1ccc2c(ccc3oc4ccc5cc(N(c6ccccc6)c6ccccc6C)ccc5c4c32)c1. The van der Waals surface area contributed by atoms with Crippen molar-refractivity contribution in [3.05, 3.63) is 181 Å². The molecule has 0 spiro atoms. The minimum Gasteiger partial charge on any atom is -0.456 e. The van der Waals surface area contributed by atoms with Crippen molar-refractivity contribution in [2.24, 2.45) is 0 Å². The van der Waals surface area contributed by atoms with E-state index >= 15 is 0 Å². The fourth-order valence-electron chi connectivity index (χ4n) is 7.31. The van der Waals surface area contributed by atoms with Crippen molar-refractivity contribution >= 4 is 77.6 Å². The van der Waals surface area contributed by atoms with E-state index in [9.17, 15) is 0 Å². The predicted octanol–water partition coefficient (Wildman–Crippen LogP) is 13.4. The molecule has 0 saturated heterocycles. The molecule has 49 heavy (non-hydrogen) atoms. The summed E-state index contributed by atoms with van der Waals surface area (Å²) in [5.41, 5.74) is 11.1. The van der Waals surface area contributed by atoms with Gasteiger partial charge < -0.3 is 14.2 Å². The number of aryl methyl sites for hydroxylation is 2. The third-order valence-electron chi connectivity index (χ3n) is 9.66. The Labute approximate surface area is 285 Å². The van der Waals surface area contributed by atoms with Crippen LogP contribution in [0.25, 0.3) is 43.5 Å². The van der Waals surface area contributed by atoms with Crippen LogP contribution in [0.2, 0.25) is 0 Å². The van der Waals surface area contributed by atoms with Gasteiger partial charge in [-0.3, -0.25) is 0 Å². The average Bonchev–Trinajstić information content (AvgIpc) is 3.54. The maximum atomic E-state index is 6.51. The second-order valence-electron chi connectivity index (χ2n) is 12.7. The van der Waals surface area contributed by atoms with Crippen molar-refractivity contribution in [1.29, 1.82) is 0 Å². The number of furan rings is 1. The first-order valence-corrected chi connectivity index (χ1v) is 16.8. The zero-order chi connectivity index (χ0) is 32.9. The third-order valence-corrected chi connectivity index (χ3v) is 9.66. The molecular weight excluding hydrogens is 597 g/mol. The molecule has 0 aliphatic rings. The Morgan fingerprint density at radius 2 is 0.776 bits per heavy atom. The highest BCUT2D eigenvalue weighted by atomic mass is 16.3. The van der Waals surface area contributed by atoms with Gasteiger partial charge in [-0.05, 0) is 119 Å². The molecule has 3 heteroatoms. The topological polar surface area (TPSA) is 19.6 Å². The highest BCUT2D eigenvalue weighted by molar-refractivity contribution is 6.26. The van der Waals surface area contributed by atoms with Gasteiger partial charge in [-0.15, -0.1) is 0 Å². The van der Waals surface area contributed by atoms with Crippen molar-refractivity contribution in [1.82, 2.24) is 0 Å². The van der Waals surface area contributed by atoms with Gasteiger partial charge in [0.15, 0.2) is 0 Å². The molecule has 0 aliphatic carbocycles. The minimum atomic E-state index is 0.900. The lowest BCUT2D eigenvalue weighted by Gasteiger charge is -2.27. The van der Waals surface area contributed by atoms with Gasteiger partial charge in [0.25, 0.3) is 0 Å². The number of para-hydroxylation sites is 4. The van der Waals surface area contributed by atoms with E-state index in [1.807, 2.05) is 0 Å². The Kier molecular flexibility index (Phi) is 6.91. The molecule has 0 bridgehead atoms. The van der Waals surface area contributed by atoms with E-state index in [-0.39, 0.29) is 0 Å². The Morgan fingerprint density at radius 1 is 0.367 bits per heavy atom. The maximum Gasteiger partial charge on any atom is 0.136 e. The van der Waals surface area contributed by atoms with E-state index in [4.69, 9.17) is 4.42 Å². The van der Waals surface area contributed by atoms with Crippen LogP contribution in [0.1, 0.15) is 11.1 Å². The molecule has 0 aliphatic heterocycles. The fourth-order valence-corrected chi connectivity index (χ4v) is 7.31. The van der Waals surface area contributed by atoms with E-state index in [1.54, 1.807) is 0 Å². The molecule has 0 N–H and O–H groups in total. The lowest BCUT2D eigenvalue weighted by Crippen LogP contribution is -2.11. The molecule has 0 radical (unpaired) electrons. The second-order valence-corrected chi connectivity index (χ2v) is 12.7. The molecule has 9 rings (SSSR count). The van der Waals surface area contributed by atoms with Crippen LogP contribution in [-0.2, 0) is 0 Å². The van der Waals surface area contributed by atoms with Crippen molar-refractivity contribution < 1.29 is 4.42 Å². The van der Waals surface area contributed by atoms with Crippen LogP contribution < -0.4 is 9.80 Å². The molecule has 1 aromatic heterocycles. The summed E-state index contributed by atoms with van der Waals surface area (Å²) in [4.78, 5) is 4.69. The molecular formula is C46H34N2O. The van der Waals surface area contributed by atoms with Gasteiger partial charge >= 0.3 is 0 Å². The fraction of sp³-hybridized carbons (Fsp3) is 0.0435. The van der Waals surface area contributed by atoms with E-state index in [2.05, 4.69) is 194 Å². The number of rotatable bonds is 6. The van der Waals surface area contributed by atoms with Crippen molar-refractivity contribution in [2.45, 2.75) is 13.8 Å². The lowest BCUT2D eigenvalue weighted by atomic mass is 9.98. The Hall–Kier alpha value is -6.32. The minimum absolute atomic E-state index is 0.900. The highest BCUT2D eigenvalue weighted by Gasteiger charge is 2.19. The van der Waals surface area contributed by atoms with Gasteiger partial charge in [0, 0.05) is 44.9 Å². The summed E-state index contributed by atoms with van der Waals surface area (Å²) in [5.74, 6) is 0. The molecule has 0 saturated carbocycles. The number of hydrogen-bond acceptors (Lipinski definition) is 3. The Balaban J connectivity index is 1.22. The zero-order valence-corrected chi connectivity index (χ0v) is 27.5. The average molecular weight is 631 g/mol. The summed E-state index contributed by atoms with van der Waals surface area (Å²) < 4.78 is 6.51. The normalized spacial score (nSPS) is 11.5. The van der Waals surface area contributed by atoms with E-state index < -0.39 is 0 Å². The van der Waals surface area contributed by atoms with E-state index in [0.29, 0.717) is 0 Å². The van der Waals surface area contributed by atoms with Crippen LogP contribution in [0, 0.1) is 13.8 Å². The summed E-state index contributed by atoms with van der Waals surface area (Å²) in [6.45, 7) is 4.34. The van der Waals surface area contributed by atoms with Crippen LogP contribution in [0.5, 0.6) is 0 Å². The summed E-state index contributed by atoms with van der Waals surface area (Å²) in [6, 6.07) is 60.5. The molecule has 3 nitrogen and oxygen atoms in total. The van der Waals surface area contributed by atoms with Gasteiger partial charge in [-0.2, -0.15) is 0 Å². The summed E-state index contributed by atoms with van der Waals surface area (Å²) in [5, 5.41) is 7.01. The van der Waals surface area contributed by atoms with Crippen molar-refractivity contribution in [3.63, 3.8) is 0 Å². The molecule has 8 aromatic carbocycles. The van der Waals surface area contributed by atoms with Crippen LogP contribution in [-0.4, -0.2) is 0 Å². The van der Waals surface area contributed by atoms with Crippen LogP contribution in [0.3, 0.4) is 0 Å². The van der Waals surface area contributed by atoms with Gasteiger partial charge in [0.05, 0.1) is 0 Å². The second kappa shape index (κ2) is 11.7. The van der Waals surface area contributed by atoms with E-state index in [0.717, 1.165) is 44.7 Å². The first kappa shape index (κ1) is 28.9. The number of fused-ring (bicyclic) bond motifs is 7. The largest absolute Gasteiger partial charge is 0.456 e. The number of anilines is 6. The standard InChI is InChI=1S/C46H34N2O/c1-31-13-9-11-19-41(31)47(35-15-5-3-6-16-35)37-23-25-39-33(29-37)21-27-43-45(39)46-40-26-24-38(30-34(40)22-28-44(46)49-43)48(36-17-7-4-8-18-36)42-20-12-10-14-32(42)2/h3-30H,1-2H3. The van der Waals surface area contributed by atoms with Crippen LogP contribution in [0.15, 0.2) is 174 Å². The number of hydrogen-bond donors (Lipinski definition) is 0. The Morgan fingerprint density at radius 3 is 1.20 bits per heavy atom. The predicted molar refractivity (Wildman–Crippen MR) is 208 cm³/mol. The molecule has 0 atom stereocenters. The monoisotopic (exact) mass is 630 g/mol.